The van der Waals surface area contributed by atoms with Crippen LogP contribution in [-0.4, -0.2) is 38.3 Å². The highest BCUT2D eigenvalue weighted by molar-refractivity contribution is 7.98. The number of ether oxygens (including phenoxy) is 2. The van der Waals surface area contributed by atoms with Crippen molar-refractivity contribution < 1.29 is 24.3 Å². The molecule has 0 radical (unpaired) electrons. The minimum atomic E-state index is -1.35. The van der Waals surface area contributed by atoms with E-state index in [1.807, 2.05) is 6.07 Å². The topological polar surface area (TPSA) is 148 Å². The molecule has 0 saturated heterocycles. The number of hydrogen-bond acceptors (Lipinski definition) is 9. The molecule has 0 amide bonds. The zero-order valence-electron chi connectivity index (χ0n) is 16.1. The van der Waals surface area contributed by atoms with Gasteiger partial charge in [0, 0.05) is 5.92 Å². The Morgan fingerprint density at radius 1 is 1.34 bits per heavy atom. The second-order valence-electron chi connectivity index (χ2n) is 6.24. The van der Waals surface area contributed by atoms with Crippen LogP contribution in [0, 0.1) is 34.3 Å². The van der Waals surface area contributed by atoms with Crippen LogP contribution in [0.15, 0.2) is 23.4 Å². The lowest BCUT2D eigenvalue weighted by atomic mass is 10.1. The predicted octanol–water partition coefficient (Wildman–Crippen LogP) is 3.57. The van der Waals surface area contributed by atoms with Crippen molar-refractivity contribution in [1.82, 2.24) is 9.97 Å². The Balaban J connectivity index is 2.62. The van der Waals surface area contributed by atoms with Crippen molar-refractivity contribution in [3.05, 3.63) is 39.4 Å². The van der Waals surface area contributed by atoms with E-state index in [4.69, 9.17) is 14.7 Å². The van der Waals surface area contributed by atoms with E-state index in [-0.39, 0.29) is 10.9 Å². The van der Waals surface area contributed by atoms with Gasteiger partial charge in [-0.05, 0) is 30.9 Å². The predicted molar refractivity (Wildman–Crippen MR) is 103 cm³/mol. The van der Waals surface area contributed by atoms with Crippen LogP contribution in [0.2, 0.25) is 0 Å². The molecular formula is C18H18N4O6S. The van der Waals surface area contributed by atoms with E-state index < -0.39 is 40.4 Å². The van der Waals surface area contributed by atoms with Crippen LogP contribution in [0.3, 0.4) is 0 Å². The fourth-order valence-electron chi connectivity index (χ4n) is 2.27. The number of carboxylic acids is 1. The summed E-state index contributed by atoms with van der Waals surface area (Å²) in [4.78, 5) is 30.4. The Labute approximate surface area is 170 Å². The van der Waals surface area contributed by atoms with Crippen molar-refractivity contribution in [2.45, 2.75) is 32.0 Å². The number of thioether (sulfide) groups is 1. The number of aryl methyl sites for hydroxylation is 1. The Kier molecular flexibility index (Phi) is 6.95. The van der Waals surface area contributed by atoms with E-state index in [2.05, 4.69) is 9.97 Å². The lowest BCUT2D eigenvalue weighted by molar-refractivity contribution is -0.387. The molecular weight excluding hydrogens is 400 g/mol. The van der Waals surface area contributed by atoms with Crippen molar-refractivity contribution in [3.8, 4) is 23.6 Å². The maximum atomic E-state index is 11.7. The van der Waals surface area contributed by atoms with E-state index in [1.54, 1.807) is 39.2 Å². The first-order valence-corrected chi connectivity index (χ1v) is 9.58. The molecule has 0 saturated carbocycles. The quantitative estimate of drug-likeness (QED) is 0.292. The first-order chi connectivity index (χ1) is 13.7. The van der Waals surface area contributed by atoms with E-state index in [9.17, 15) is 20.0 Å². The summed E-state index contributed by atoms with van der Waals surface area (Å²) in [5.74, 6) is -2.46. The van der Waals surface area contributed by atoms with Crippen LogP contribution in [0.25, 0.3) is 0 Å². The number of nitro groups is 1. The van der Waals surface area contributed by atoms with Crippen LogP contribution < -0.4 is 9.47 Å². The lowest BCUT2D eigenvalue weighted by Crippen LogP contribution is -2.32. The highest BCUT2D eigenvalue weighted by atomic mass is 32.2. The minimum Gasteiger partial charge on any atom is -0.478 e. The van der Waals surface area contributed by atoms with Gasteiger partial charge in [0.25, 0.3) is 0 Å². The summed E-state index contributed by atoms with van der Waals surface area (Å²) in [6, 6.07) is 6.60. The maximum absolute atomic E-state index is 11.7. The number of nitriles is 1. The molecule has 152 valence electrons. The minimum absolute atomic E-state index is 0.0996. The third kappa shape index (κ3) is 5.11. The fraction of sp³-hybridized carbons (Fsp3) is 0.333. The molecule has 10 nitrogen and oxygen atoms in total. The smallest absolute Gasteiger partial charge is 0.392 e. The summed E-state index contributed by atoms with van der Waals surface area (Å²) in [5.41, 5.74) is 0.224. The van der Waals surface area contributed by atoms with Gasteiger partial charge in [0.1, 0.15) is 5.75 Å². The molecule has 1 heterocycles. The van der Waals surface area contributed by atoms with Crippen LogP contribution in [-0.2, 0) is 4.79 Å². The molecule has 0 bridgehead atoms. The average Bonchev–Trinajstić information content (AvgIpc) is 2.66. The molecule has 0 spiro atoms. The molecule has 1 atom stereocenters. The molecule has 1 N–H and O–H groups in total. The van der Waals surface area contributed by atoms with Gasteiger partial charge in [-0.25, -0.2) is 4.79 Å². The van der Waals surface area contributed by atoms with Gasteiger partial charge in [0.05, 0.1) is 16.6 Å². The van der Waals surface area contributed by atoms with Crippen molar-refractivity contribution in [2.75, 3.05) is 6.26 Å². The number of aliphatic carboxylic acids is 1. The molecule has 0 fully saturated rings. The zero-order valence-corrected chi connectivity index (χ0v) is 16.9. The van der Waals surface area contributed by atoms with Crippen molar-refractivity contribution in [1.29, 1.82) is 5.26 Å². The summed E-state index contributed by atoms with van der Waals surface area (Å²) in [5, 5.41) is 30.2. The number of hydrogen-bond donors (Lipinski definition) is 1. The summed E-state index contributed by atoms with van der Waals surface area (Å²) < 4.78 is 11.0. The van der Waals surface area contributed by atoms with Crippen LogP contribution in [0.5, 0.6) is 17.5 Å². The Morgan fingerprint density at radius 2 is 2.00 bits per heavy atom. The van der Waals surface area contributed by atoms with Crippen molar-refractivity contribution in [2.24, 2.45) is 5.92 Å². The molecule has 29 heavy (non-hydrogen) atoms. The standard InChI is InChI=1S/C18H18N4O6S/c1-9(2)14(17(23)24)28-16-13(22(25)26)15(20-18(21-16)29-4)27-12-7-11(8-19)6-5-10(12)3/h5-7,9,14H,1-4H3,(H,23,24). The van der Waals surface area contributed by atoms with E-state index in [1.165, 1.54) is 6.07 Å². The molecule has 0 aliphatic carbocycles. The maximum Gasteiger partial charge on any atom is 0.392 e. The normalized spacial score (nSPS) is 11.6. The SMILES string of the molecule is CSc1nc(Oc2cc(C#N)ccc2C)c([N+](=O)[O-])c(OC(C(=O)O)C(C)C)n1. The molecule has 0 aliphatic rings. The fourth-order valence-corrected chi connectivity index (χ4v) is 2.62. The third-order valence-electron chi connectivity index (χ3n) is 3.78. The molecule has 1 aromatic carbocycles. The van der Waals surface area contributed by atoms with Crippen LogP contribution in [0.1, 0.15) is 25.0 Å². The van der Waals surface area contributed by atoms with E-state index in [0.717, 1.165) is 11.8 Å². The van der Waals surface area contributed by atoms with Gasteiger partial charge in [-0.3, -0.25) is 10.1 Å². The van der Waals surface area contributed by atoms with Gasteiger partial charge in [0.2, 0.25) is 0 Å². The number of rotatable bonds is 8. The molecule has 0 aliphatic heterocycles. The second-order valence-corrected chi connectivity index (χ2v) is 7.01. The number of carboxylic acid groups (broad SMARTS) is 1. The van der Waals surface area contributed by atoms with E-state index >= 15 is 0 Å². The van der Waals surface area contributed by atoms with Gasteiger partial charge in [0.15, 0.2) is 11.3 Å². The highest BCUT2D eigenvalue weighted by Crippen LogP contribution is 2.39. The van der Waals surface area contributed by atoms with Crippen molar-refractivity contribution in [3.63, 3.8) is 0 Å². The number of benzene rings is 1. The lowest BCUT2D eigenvalue weighted by Gasteiger charge is -2.18. The van der Waals surface area contributed by atoms with Gasteiger partial charge in [-0.2, -0.15) is 15.2 Å². The van der Waals surface area contributed by atoms with Crippen LogP contribution in [0.4, 0.5) is 5.69 Å². The number of nitrogens with zero attached hydrogens (tertiary/aromatic N) is 4. The molecule has 2 aromatic rings. The molecule has 11 heteroatoms. The highest BCUT2D eigenvalue weighted by Gasteiger charge is 2.33. The van der Waals surface area contributed by atoms with Crippen molar-refractivity contribution >= 4 is 23.4 Å². The molecule has 1 unspecified atom stereocenters. The van der Waals surface area contributed by atoms with Gasteiger partial charge in [-0.15, -0.1) is 0 Å². The summed E-state index contributed by atoms with van der Waals surface area (Å²) in [7, 11) is 0. The van der Waals surface area contributed by atoms with Crippen LogP contribution >= 0.6 is 11.8 Å². The number of carbonyl (C=O) groups is 1. The first-order valence-electron chi connectivity index (χ1n) is 8.36. The third-order valence-corrected chi connectivity index (χ3v) is 4.32. The Hall–Kier alpha value is -3.39. The summed E-state index contributed by atoms with van der Waals surface area (Å²) in [6.45, 7) is 4.92. The molecule has 1 aromatic heterocycles. The number of aromatic nitrogens is 2. The largest absolute Gasteiger partial charge is 0.478 e. The Bertz CT molecular complexity index is 989. The first kappa shape index (κ1) is 21.9. The van der Waals surface area contributed by atoms with Gasteiger partial charge < -0.3 is 14.6 Å². The second kappa shape index (κ2) is 9.20. The monoisotopic (exact) mass is 418 g/mol. The average molecular weight is 418 g/mol. The zero-order chi connectivity index (χ0) is 21.7. The molecule has 2 rings (SSSR count). The van der Waals surface area contributed by atoms with Gasteiger partial charge in [-0.1, -0.05) is 31.7 Å². The Morgan fingerprint density at radius 3 is 2.52 bits per heavy atom. The summed E-state index contributed by atoms with van der Waals surface area (Å²) >= 11 is 1.08. The van der Waals surface area contributed by atoms with E-state index in [0.29, 0.717) is 11.1 Å². The summed E-state index contributed by atoms with van der Waals surface area (Å²) in [6.07, 6.45) is 0.294. The van der Waals surface area contributed by atoms with Gasteiger partial charge >= 0.3 is 23.4 Å².